The Balaban J connectivity index is 1.75. The van der Waals surface area contributed by atoms with E-state index in [1.165, 1.54) is 15.4 Å². The van der Waals surface area contributed by atoms with Gasteiger partial charge < -0.3 is 5.11 Å². The molecule has 3 heteroatoms. The summed E-state index contributed by atoms with van der Waals surface area (Å²) in [5.74, 6) is 0.371. The fourth-order valence-electron chi connectivity index (χ4n) is 2.43. The van der Waals surface area contributed by atoms with Gasteiger partial charge in [0.2, 0.25) is 0 Å². The second kappa shape index (κ2) is 7.58. The molecule has 3 aromatic rings. The summed E-state index contributed by atoms with van der Waals surface area (Å²) in [7, 11) is 0. The first-order chi connectivity index (χ1) is 11.2. The van der Waals surface area contributed by atoms with E-state index in [9.17, 15) is 5.11 Å². The number of phenolic OH excluding ortho intramolecular Hbond substituents is 1. The van der Waals surface area contributed by atoms with Crippen LogP contribution < -0.4 is 0 Å². The maximum atomic E-state index is 9.90. The Hall–Kier alpha value is -1.90. The van der Waals surface area contributed by atoms with Crippen molar-refractivity contribution in [3.8, 4) is 5.75 Å². The maximum absolute atomic E-state index is 9.90. The van der Waals surface area contributed by atoms with E-state index in [-0.39, 0.29) is 0 Å². The average molecular weight is 341 g/mol. The molecule has 0 fully saturated rings. The van der Waals surface area contributed by atoms with Crippen LogP contribution in [0.2, 0.25) is 5.02 Å². The van der Waals surface area contributed by atoms with Crippen LogP contribution >= 0.6 is 23.4 Å². The van der Waals surface area contributed by atoms with Gasteiger partial charge in [0.05, 0.1) is 0 Å². The smallest absolute Gasteiger partial charge is 0.118 e. The fourth-order valence-corrected chi connectivity index (χ4v) is 3.53. The second-order valence-electron chi connectivity index (χ2n) is 5.29. The molecule has 0 heterocycles. The van der Waals surface area contributed by atoms with E-state index in [0.29, 0.717) is 5.75 Å². The molecule has 0 radical (unpaired) electrons. The van der Waals surface area contributed by atoms with Gasteiger partial charge in [0.15, 0.2) is 0 Å². The van der Waals surface area contributed by atoms with Crippen LogP contribution in [-0.2, 0) is 12.8 Å². The number of hydrogen-bond acceptors (Lipinski definition) is 2. The third-order valence-corrected chi connectivity index (χ3v) is 5.05. The van der Waals surface area contributed by atoms with E-state index in [2.05, 4.69) is 24.3 Å². The molecule has 1 N–H and O–H groups in total. The van der Waals surface area contributed by atoms with Gasteiger partial charge in [0.1, 0.15) is 5.75 Å². The van der Waals surface area contributed by atoms with E-state index < -0.39 is 0 Å². The highest BCUT2D eigenvalue weighted by Gasteiger charge is 2.06. The molecular weight excluding hydrogens is 324 g/mol. The van der Waals surface area contributed by atoms with E-state index in [4.69, 9.17) is 11.6 Å². The van der Waals surface area contributed by atoms with Gasteiger partial charge in [0.25, 0.3) is 0 Å². The van der Waals surface area contributed by atoms with Gasteiger partial charge >= 0.3 is 0 Å². The first-order valence-electron chi connectivity index (χ1n) is 7.50. The molecular formula is C20H17ClOS. The zero-order valence-corrected chi connectivity index (χ0v) is 14.1. The highest BCUT2D eigenvalue weighted by Crippen LogP contribution is 2.32. The Kier molecular flexibility index (Phi) is 5.27. The van der Waals surface area contributed by atoms with Crippen molar-refractivity contribution in [3.05, 3.63) is 88.9 Å². The van der Waals surface area contributed by atoms with Crippen LogP contribution in [0.1, 0.15) is 11.1 Å². The van der Waals surface area contributed by atoms with Gasteiger partial charge in [-0.05, 0) is 60.4 Å². The van der Waals surface area contributed by atoms with Crippen LogP contribution in [-0.4, -0.2) is 5.11 Å². The Morgan fingerprint density at radius 3 is 2.09 bits per heavy atom. The summed E-state index contributed by atoms with van der Waals surface area (Å²) in [6.07, 6.45) is 1.72. The number of aromatic hydroxyl groups is 1. The number of benzene rings is 3. The Labute approximate surface area is 145 Å². The summed E-state index contributed by atoms with van der Waals surface area (Å²) < 4.78 is 0. The van der Waals surface area contributed by atoms with Gasteiger partial charge in [-0.3, -0.25) is 0 Å². The Morgan fingerprint density at radius 2 is 1.35 bits per heavy atom. The Bertz CT molecular complexity index is 784. The molecule has 0 unspecified atom stereocenters. The van der Waals surface area contributed by atoms with Gasteiger partial charge in [-0.25, -0.2) is 0 Å². The number of rotatable bonds is 5. The first kappa shape index (κ1) is 16.0. The van der Waals surface area contributed by atoms with E-state index in [1.54, 1.807) is 17.8 Å². The lowest BCUT2D eigenvalue weighted by Crippen LogP contribution is -1.94. The predicted octanol–water partition coefficient (Wildman–Crippen LogP) is 5.98. The van der Waals surface area contributed by atoms with E-state index in [0.717, 1.165) is 23.4 Å². The SMILES string of the molecule is Oc1ccccc1CCc1ccccc1Sc1ccc(Cl)cc1. The molecule has 0 aliphatic rings. The van der Waals surface area contributed by atoms with Crippen molar-refractivity contribution >= 4 is 23.4 Å². The van der Waals surface area contributed by atoms with Crippen molar-refractivity contribution in [1.29, 1.82) is 0 Å². The van der Waals surface area contributed by atoms with Gasteiger partial charge in [-0.15, -0.1) is 0 Å². The molecule has 3 rings (SSSR count). The minimum atomic E-state index is 0.371. The summed E-state index contributed by atoms with van der Waals surface area (Å²) in [6.45, 7) is 0. The summed E-state index contributed by atoms with van der Waals surface area (Å²) in [5, 5.41) is 10.7. The monoisotopic (exact) mass is 340 g/mol. The topological polar surface area (TPSA) is 20.2 Å². The second-order valence-corrected chi connectivity index (χ2v) is 6.84. The van der Waals surface area contributed by atoms with Gasteiger partial charge in [-0.2, -0.15) is 0 Å². The molecule has 0 aliphatic heterocycles. The zero-order chi connectivity index (χ0) is 16.1. The number of hydrogen-bond donors (Lipinski definition) is 1. The number of halogens is 1. The van der Waals surface area contributed by atoms with Crippen LogP contribution in [0.25, 0.3) is 0 Å². The van der Waals surface area contributed by atoms with E-state index in [1.807, 2.05) is 42.5 Å². The molecule has 3 aromatic carbocycles. The van der Waals surface area contributed by atoms with Gasteiger partial charge in [-0.1, -0.05) is 59.8 Å². The Morgan fingerprint density at radius 1 is 0.739 bits per heavy atom. The average Bonchev–Trinajstić information content (AvgIpc) is 2.57. The molecule has 23 heavy (non-hydrogen) atoms. The largest absolute Gasteiger partial charge is 0.508 e. The van der Waals surface area contributed by atoms with Crippen LogP contribution in [0.5, 0.6) is 5.75 Å². The molecule has 1 nitrogen and oxygen atoms in total. The quantitative estimate of drug-likeness (QED) is 0.616. The molecule has 0 saturated heterocycles. The summed E-state index contributed by atoms with van der Waals surface area (Å²) in [6, 6.07) is 23.8. The van der Waals surface area contributed by atoms with Crippen molar-refractivity contribution in [2.75, 3.05) is 0 Å². The molecule has 0 spiro atoms. The van der Waals surface area contributed by atoms with Crippen LogP contribution in [0.15, 0.2) is 82.6 Å². The summed E-state index contributed by atoms with van der Waals surface area (Å²) >= 11 is 7.69. The van der Waals surface area contributed by atoms with Crippen molar-refractivity contribution in [1.82, 2.24) is 0 Å². The third-order valence-electron chi connectivity index (χ3n) is 3.67. The highest BCUT2D eigenvalue weighted by molar-refractivity contribution is 7.99. The predicted molar refractivity (Wildman–Crippen MR) is 97.5 cm³/mol. The standard InChI is InChI=1S/C20H17ClOS/c21-17-11-13-18(14-12-17)23-20-8-4-2-6-16(20)10-9-15-5-1-3-7-19(15)22/h1-8,11-14,22H,9-10H2. The number of phenols is 1. The molecule has 116 valence electrons. The molecule has 0 aliphatic carbocycles. The van der Waals surface area contributed by atoms with Crippen LogP contribution in [0, 0.1) is 0 Å². The minimum absolute atomic E-state index is 0.371. The number of para-hydroxylation sites is 1. The molecule has 0 atom stereocenters. The minimum Gasteiger partial charge on any atom is -0.508 e. The van der Waals surface area contributed by atoms with E-state index >= 15 is 0 Å². The third kappa shape index (κ3) is 4.31. The summed E-state index contributed by atoms with van der Waals surface area (Å²) in [4.78, 5) is 2.41. The van der Waals surface area contributed by atoms with Crippen molar-refractivity contribution in [2.45, 2.75) is 22.6 Å². The first-order valence-corrected chi connectivity index (χ1v) is 8.70. The van der Waals surface area contributed by atoms with Crippen LogP contribution in [0.3, 0.4) is 0 Å². The summed E-state index contributed by atoms with van der Waals surface area (Å²) in [5.41, 5.74) is 2.27. The molecule has 0 amide bonds. The lowest BCUT2D eigenvalue weighted by molar-refractivity contribution is 0.468. The molecule has 0 aromatic heterocycles. The lowest BCUT2D eigenvalue weighted by atomic mass is 10.0. The molecule has 0 saturated carbocycles. The highest BCUT2D eigenvalue weighted by atomic mass is 35.5. The van der Waals surface area contributed by atoms with Crippen molar-refractivity contribution in [3.63, 3.8) is 0 Å². The van der Waals surface area contributed by atoms with Crippen molar-refractivity contribution in [2.24, 2.45) is 0 Å². The number of aryl methyl sites for hydroxylation is 2. The fraction of sp³-hybridized carbons (Fsp3) is 0.100. The maximum Gasteiger partial charge on any atom is 0.118 e. The van der Waals surface area contributed by atoms with Crippen LogP contribution in [0.4, 0.5) is 0 Å². The molecule has 0 bridgehead atoms. The lowest BCUT2D eigenvalue weighted by Gasteiger charge is -2.10. The van der Waals surface area contributed by atoms with Crippen molar-refractivity contribution < 1.29 is 5.11 Å². The van der Waals surface area contributed by atoms with Gasteiger partial charge in [0, 0.05) is 14.8 Å². The zero-order valence-electron chi connectivity index (χ0n) is 12.6. The normalized spacial score (nSPS) is 10.7.